The number of nitrogens with zero attached hydrogens (tertiary/aromatic N) is 1. The quantitative estimate of drug-likeness (QED) is 0.657. The molecule has 0 fully saturated rings. The minimum absolute atomic E-state index is 0.207. The Morgan fingerprint density at radius 1 is 1.24 bits per heavy atom. The van der Waals surface area contributed by atoms with Crippen molar-refractivity contribution in [1.29, 1.82) is 0 Å². The second kappa shape index (κ2) is 6.50. The molecule has 0 amide bonds. The highest BCUT2D eigenvalue weighted by Crippen LogP contribution is 2.34. The van der Waals surface area contributed by atoms with E-state index >= 15 is 0 Å². The van der Waals surface area contributed by atoms with Crippen LogP contribution in [0.1, 0.15) is 23.4 Å². The van der Waals surface area contributed by atoms with Gasteiger partial charge in [0.1, 0.15) is 0 Å². The fourth-order valence-corrected chi connectivity index (χ4v) is 5.77. The van der Waals surface area contributed by atoms with Crippen LogP contribution in [0.25, 0.3) is 0 Å². The van der Waals surface area contributed by atoms with Crippen molar-refractivity contribution in [2.75, 3.05) is 7.05 Å². The third-order valence-corrected chi connectivity index (χ3v) is 8.15. The van der Waals surface area contributed by atoms with Crippen molar-refractivity contribution in [1.82, 2.24) is 4.31 Å². The Morgan fingerprint density at radius 3 is 2.48 bits per heavy atom. The highest BCUT2D eigenvalue weighted by Gasteiger charge is 2.29. The van der Waals surface area contributed by atoms with Crippen LogP contribution in [-0.4, -0.2) is 19.8 Å². The Balaban J connectivity index is 2.45. The molecular weight excluding hydrogens is 438 g/mol. The summed E-state index contributed by atoms with van der Waals surface area (Å²) in [5.41, 5.74) is 0.981. The van der Waals surface area contributed by atoms with Crippen molar-refractivity contribution in [2.45, 2.75) is 24.8 Å². The topological polar surface area (TPSA) is 37.4 Å². The van der Waals surface area contributed by atoms with E-state index < -0.39 is 10.0 Å². The van der Waals surface area contributed by atoms with Gasteiger partial charge >= 0.3 is 0 Å². The predicted octanol–water partition coefficient (Wildman–Crippen LogP) is 4.96. The van der Waals surface area contributed by atoms with Gasteiger partial charge in [-0.2, -0.15) is 4.31 Å². The molecule has 0 aliphatic carbocycles. The van der Waals surface area contributed by atoms with E-state index in [1.54, 1.807) is 30.5 Å². The number of benzene rings is 1. The first-order valence-electron chi connectivity index (χ1n) is 6.22. The normalized spacial score (nSPS) is 13.6. The fourth-order valence-electron chi connectivity index (χ4n) is 1.90. The summed E-state index contributed by atoms with van der Waals surface area (Å²) in [6.45, 7) is 3.81. The molecule has 7 heteroatoms. The number of thiophene rings is 1. The molecule has 2 rings (SSSR count). The van der Waals surface area contributed by atoms with Crippen LogP contribution in [0.2, 0.25) is 0 Å². The van der Waals surface area contributed by atoms with Crippen LogP contribution in [0.4, 0.5) is 0 Å². The van der Waals surface area contributed by atoms with E-state index in [4.69, 9.17) is 0 Å². The molecule has 0 saturated carbocycles. The van der Waals surface area contributed by atoms with E-state index in [2.05, 4.69) is 31.9 Å². The molecule has 1 aromatic carbocycles. The molecule has 114 valence electrons. The van der Waals surface area contributed by atoms with E-state index in [9.17, 15) is 8.42 Å². The molecule has 0 N–H and O–H groups in total. The summed E-state index contributed by atoms with van der Waals surface area (Å²) in [7, 11) is -1.96. The summed E-state index contributed by atoms with van der Waals surface area (Å²) in [5.74, 6) is 0. The van der Waals surface area contributed by atoms with Crippen molar-refractivity contribution in [2.24, 2.45) is 0 Å². The van der Waals surface area contributed by atoms with E-state index in [-0.39, 0.29) is 10.9 Å². The van der Waals surface area contributed by atoms with Crippen molar-refractivity contribution < 1.29 is 8.42 Å². The molecule has 0 radical (unpaired) electrons. The lowest BCUT2D eigenvalue weighted by Crippen LogP contribution is -2.29. The zero-order valence-electron chi connectivity index (χ0n) is 11.8. The second-order valence-corrected chi connectivity index (χ2v) is 9.40. The Labute approximate surface area is 146 Å². The summed E-state index contributed by atoms with van der Waals surface area (Å²) in [6.07, 6.45) is 0. The zero-order valence-corrected chi connectivity index (χ0v) is 16.6. The first-order valence-corrected chi connectivity index (χ1v) is 10.1. The smallest absolute Gasteiger partial charge is 0.207 e. The summed E-state index contributed by atoms with van der Waals surface area (Å²) in [4.78, 5) is 1.29. The van der Waals surface area contributed by atoms with Gasteiger partial charge in [0.05, 0.1) is 10.9 Å². The van der Waals surface area contributed by atoms with Gasteiger partial charge in [-0.1, -0.05) is 22.0 Å². The molecule has 1 aromatic heterocycles. The SMILES string of the molecule is Cc1cc(Br)c(S(=O)(=O)N(C)C(C)c2cccs2)cc1Br. The van der Waals surface area contributed by atoms with Gasteiger partial charge in [-0.05, 0) is 58.9 Å². The Morgan fingerprint density at radius 2 is 1.90 bits per heavy atom. The third-order valence-electron chi connectivity index (χ3n) is 3.37. The van der Waals surface area contributed by atoms with E-state index in [0.717, 1.165) is 14.9 Å². The molecule has 0 spiro atoms. The number of sulfonamides is 1. The Hall–Kier alpha value is -0.210. The van der Waals surface area contributed by atoms with Gasteiger partial charge in [-0.25, -0.2) is 8.42 Å². The Bertz CT molecular complexity index is 743. The van der Waals surface area contributed by atoms with Gasteiger partial charge in [0.2, 0.25) is 10.0 Å². The van der Waals surface area contributed by atoms with Crippen LogP contribution in [0.15, 0.2) is 43.5 Å². The molecule has 3 nitrogen and oxygen atoms in total. The van der Waals surface area contributed by atoms with Crippen molar-refractivity contribution in [3.8, 4) is 0 Å². The van der Waals surface area contributed by atoms with Gasteiger partial charge in [0.15, 0.2) is 0 Å². The summed E-state index contributed by atoms with van der Waals surface area (Å²) in [6, 6.07) is 7.12. The van der Waals surface area contributed by atoms with Crippen LogP contribution in [0.5, 0.6) is 0 Å². The van der Waals surface area contributed by atoms with Crippen LogP contribution in [0, 0.1) is 6.92 Å². The van der Waals surface area contributed by atoms with Crippen molar-refractivity contribution in [3.05, 3.63) is 49.0 Å². The predicted molar refractivity (Wildman–Crippen MR) is 94.3 cm³/mol. The first-order chi connectivity index (χ1) is 9.75. The number of hydrogen-bond acceptors (Lipinski definition) is 3. The largest absolute Gasteiger partial charge is 0.244 e. The maximum Gasteiger partial charge on any atom is 0.244 e. The lowest BCUT2D eigenvalue weighted by molar-refractivity contribution is 0.402. The molecule has 2 aromatic rings. The van der Waals surface area contributed by atoms with E-state index in [0.29, 0.717) is 4.47 Å². The van der Waals surface area contributed by atoms with E-state index in [1.807, 2.05) is 31.4 Å². The number of halogens is 2. The van der Waals surface area contributed by atoms with Crippen LogP contribution < -0.4 is 0 Å². The van der Waals surface area contributed by atoms with Crippen molar-refractivity contribution >= 4 is 53.2 Å². The minimum Gasteiger partial charge on any atom is -0.207 e. The molecule has 0 bridgehead atoms. The molecule has 0 aliphatic heterocycles. The molecule has 1 unspecified atom stereocenters. The Kier molecular flexibility index (Phi) is 5.31. The molecule has 21 heavy (non-hydrogen) atoms. The van der Waals surface area contributed by atoms with Gasteiger partial charge < -0.3 is 0 Å². The lowest BCUT2D eigenvalue weighted by atomic mass is 10.2. The zero-order chi connectivity index (χ0) is 15.8. The van der Waals surface area contributed by atoms with Crippen LogP contribution >= 0.6 is 43.2 Å². The number of aryl methyl sites for hydroxylation is 1. The van der Waals surface area contributed by atoms with E-state index in [1.165, 1.54) is 4.31 Å². The standard InChI is InChI=1S/C14H15Br2NO2S2/c1-9-7-12(16)14(8-11(9)15)21(18,19)17(3)10(2)13-5-4-6-20-13/h4-8,10H,1-3H3. The highest BCUT2D eigenvalue weighted by molar-refractivity contribution is 9.11. The van der Waals surface area contributed by atoms with Gasteiger partial charge in [0, 0.05) is 20.9 Å². The molecule has 0 saturated heterocycles. The monoisotopic (exact) mass is 451 g/mol. The van der Waals surface area contributed by atoms with Crippen LogP contribution in [-0.2, 0) is 10.0 Å². The molecule has 0 aliphatic rings. The lowest BCUT2D eigenvalue weighted by Gasteiger charge is -2.24. The molecule has 1 atom stereocenters. The number of hydrogen-bond donors (Lipinski definition) is 0. The average molecular weight is 453 g/mol. The van der Waals surface area contributed by atoms with Crippen LogP contribution in [0.3, 0.4) is 0 Å². The second-order valence-electron chi connectivity index (χ2n) is 4.74. The maximum atomic E-state index is 12.8. The fraction of sp³-hybridized carbons (Fsp3) is 0.286. The van der Waals surface area contributed by atoms with Gasteiger partial charge in [-0.15, -0.1) is 11.3 Å². The highest BCUT2D eigenvalue weighted by atomic mass is 79.9. The third kappa shape index (κ3) is 3.42. The molecular formula is C14H15Br2NO2S2. The average Bonchev–Trinajstić information content (AvgIpc) is 2.95. The summed E-state index contributed by atoms with van der Waals surface area (Å²) >= 11 is 8.31. The number of rotatable bonds is 4. The van der Waals surface area contributed by atoms with Gasteiger partial charge in [0.25, 0.3) is 0 Å². The molecule has 1 heterocycles. The minimum atomic E-state index is -3.57. The summed E-state index contributed by atoms with van der Waals surface area (Å²) in [5, 5.41) is 1.95. The summed E-state index contributed by atoms with van der Waals surface area (Å²) < 4.78 is 28.4. The van der Waals surface area contributed by atoms with Crippen molar-refractivity contribution in [3.63, 3.8) is 0 Å². The maximum absolute atomic E-state index is 12.8. The first kappa shape index (κ1) is 17.1. The van der Waals surface area contributed by atoms with Gasteiger partial charge in [-0.3, -0.25) is 0 Å².